The van der Waals surface area contributed by atoms with Crippen molar-refractivity contribution in [3.63, 3.8) is 0 Å². The SMILES string of the molecule is CCN(CC(=O)Nc1ccc(N2CCOCC2)cc1)Cc1ccc(N(C)C)cc1. The first-order valence-electron chi connectivity index (χ1n) is 10.3. The van der Waals surface area contributed by atoms with Crippen LogP contribution in [0.25, 0.3) is 0 Å². The van der Waals surface area contributed by atoms with Crippen LogP contribution in [0.1, 0.15) is 12.5 Å². The van der Waals surface area contributed by atoms with Crippen molar-refractivity contribution in [2.75, 3.05) is 68.6 Å². The maximum absolute atomic E-state index is 12.5. The zero-order valence-corrected chi connectivity index (χ0v) is 17.7. The summed E-state index contributed by atoms with van der Waals surface area (Å²) in [6.07, 6.45) is 0. The monoisotopic (exact) mass is 396 g/mol. The molecule has 0 saturated carbocycles. The van der Waals surface area contributed by atoms with Crippen LogP contribution >= 0.6 is 0 Å². The van der Waals surface area contributed by atoms with Gasteiger partial charge in [-0.3, -0.25) is 9.69 Å². The summed E-state index contributed by atoms with van der Waals surface area (Å²) < 4.78 is 5.40. The van der Waals surface area contributed by atoms with Gasteiger partial charge in [-0.25, -0.2) is 0 Å². The normalized spacial score (nSPS) is 14.1. The number of amides is 1. The molecule has 1 aliphatic rings. The van der Waals surface area contributed by atoms with Crippen molar-refractivity contribution in [1.82, 2.24) is 4.90 Å². The number of nitrogens with zero attached hydrogens (tertiary/aromatic N) is 3. The minimum atomic E-state index is 0.0101. The van der Waals surface area contributed by atoms with E-state index in [9.17, 15) is 4.79 Å². The third-order valence-corrected chi connectivity index (χ3v) is 5.20. The number of carbonyl (C=O) groups is 1. The van der Waals surface area contributed by atoms with Crippen LogP contribution in [0.15, 0.2) is 48.5 Å². The van der Waals surface area contributed by atoms with Crippen LogP contribution in [-0.2, 0) is 16.1 Å². The molecular formula is C23H32N4O2. The average molecular weight is 397 g/mol. The van der Waals surface area contributed by atoms with Gasteiger partial charge in [-0.2, -0.15) is 0 Å². The molecule has 1 N–H and O–H groups in total. The Bertz CT molecular complexity index is 768. The minimum absolute atomic E-state index is 0.0101. The Balaban J connectivity index is 1.51. The molecule has 29 heavy (non-hydrogen) atoms. The molecule has 6 nitrogen and oxygen atoms in total. The van der Waals surface area contributed by atoms with Gasteiger partial charge >= 0.3 is 0 Å². The number of morpholine rings is 1. The Morgan fingerprint density at radius 3 is 2.28 bits per heavy atom. The van der Waals surface area contributed by atoms with Crippen molar-refractivity contribution >= 4 is 23.0 Å². The molecule has 1 aliphatic heterocycles. The molecule has 0 radical (unpaired) electrons. The van der Waals surface area contributed by atoms with Crippen molar-refractivity contribution in [2.45, 2.75) is 13.5 Å². The molecule has 0 bridgehead atoms. The molecule has 6 heteroatoms. The van der Waals surface area contributed by atoms with Crippen molar-refractivity contribution in [3.8, 4) is 0 Å². The van der Waals surface area contributed by atoms with Gasteiger partial charge < -0.3 is 19.9 Å². The minimum Gasteiger partial charge on any atom is -0.378 e. The lowest BCUT2D eigenvalue weighted by Gasteiger charge is -2.29. The summed E-state index contributed by atoms with van der Waals surface area (Å²) in [5.41, 5.74) is 4.39. The molecule has 1 amide bonds. The standard InChI is InChI=1S/C23H32N4O2/c1-4-26(17-19-5-9-21(10-6-19)25(2)3)18-23(28)24-20-7-11-22(12-8-20)27-13-15-29-16-14-27/h5-12H,4,13-18H2,1-3H3,(H,24,28). The second-order valence-corrected chi connectivity index (χ2v) is 7.56. The molecule has 0 unspecified atom stereocenters. The molecule has 1 heterocycles. The maximum Gasteiger partial charge on any atom is 0.238 e. The Kier molecular flexibility index (Phi) is 7.49. The average Bonchev–Trinajstić information content (AvgIpc) is 2.74. The summed E-state index contributed by atoms with van der Waals surface area (Å²) in [5, 5.41) is 3.02. The lowest BCUT2D eigenvalue weighted by Crippen LogP contribution is -2.36. The van der Waals surface area contributed by atoms with Crippen molar-refractivity contribution in [1.29, 1.82) is 0 Å². The van der Waals surface area contributed by atoms with E-state index in [2.05, 4.69) is 63.3 Å². The Labute approximate surface area is 174 Å². The number of hydrogen-bond donors (Lipinski definition) is 1. The van der Waals surface area contributed by atoms with Crippen LogP contribution in [0.2, 0.25) is 0 Å². The molecule has 156 valence electrons. The van der Waals surface area contributed by atoms with Gasteiger partial charge in [0.15, 0.2) is 0 Å². The molecule has 0 aliphatic carbocycles. The smallest absolute Gasteiger partial charge is 0.238 e. The van der Waals surface area contributed by atoms with E-state index in [1.165, 1.54) is 16.9 Å². The molecule has 0 atom stereocenters. The second-order valence-electron chi connectivity index (χ2n) is 7.56. The van der Waals surface area contributed by atoms with E-state index < -0.39 is 0 Å². The van der Waals surface area contributed by atoms with Gasteiger partial charge in [0.05, 0.1) is 19.8 Å². The van der Waals surface area contributed by atoms with Crippen LogP contribution in [0.5, 0.6) is 0 Å². The number of hydrogen-bond acceptors (Lipinski definition) is 5. The summed E-state index contributed by atoms with van der Waals surface area (Å²) in [7, 11) is 4.07. The van der Waals surface area contributed by atoms with Crippen LogP contribution in [-0.4, -0.2) is 64.3 Å². The fourth-order valence-corrected chi connectivity index (χ4v) is 3.42. The molecule has 0 spiro atoms. The van der Waals surface area contributed by atoms with Gasteiger partial charge in [0.1, 0.15) is 0 Å². The van der Waals surface area contributed by atoms with E-state index in [1.54, 1.807) is 0 Å². The largest absolute Gasteiger partial charge is 0.378 e. The first-order valence-corrected chi connectivity index (χ1v) is 10.3. The molecule has 1 saturated heterocycles. The molecule has 0 aromatic heterocycles. The summed E-state index contributed by atoms with van der Waals surface area (Å²) in [6, 6.07) is 16.5. The van der Waals surface area contributed by atoms with Crippen molar-refractivity contribution in [2.24, 2.45) is 0 Å². The van der Waals surface area contributed by atoms with Gasteiger partial charge in [0.25, 0.3) is 0 Å². The fraction of sp³-hybridized carbons (Fsp3) is 0.435. The number of ether oxygens (including phenoxy) is 1. The molecule has 2 aromatic rings. The summed E-state index contributed by atoms with van der Waals surface area (Å²) in [5.74, 6) is 0.0101. The lowest BCUT2D eigenvalue weighted by molar-refractivity contribution is -0.117. The van der Waals surface area contributed by atoms with Gasteiger partial charge in [0.2, 0.25) is 5.91 Å². The summed E-state index contributed by atoms with van der Waals surface area (Å²) >= 11 is 0. The molecular weight excluding hydrogens is 364 g/mol. The van der Waals surface area contributed by atoms with Crippen molar-refractivity contribution < 1.29 is 9.53 Å². The first kappa shape index (κ1) is 21.1. The second kappa shape index (κ2) is 10.3. The van der Waals surface area contributed by atoms with E-state index in [0.29, 0.717) is 6.54 Å². The van der Waals surface area contributed by atoms with E-state index in [4.69, 9.17) is 4.74 Å². The van der Waals surface area contributed by atoms with Gasteiger partial charge in [-0.05, 0) is 48.5 Å². The Morgan fingerprint density at radius 1 is 1.03 bits per heavy atom. The number of anilines is 3. The highest BCUT2D eigenvalue weighted by Gasteiger charge is 2.13. The van der Waals surface area contributed by atoms with Crippen LogP contribution in [0, 0.1) is 0 Å². The van der Waals surface area contributed by atoms with E-state index >= 15 is 0 Å². The maximum atomic E-state index is 12.5. The highest BCUT2D eigenvalue weighted by Crippen LogP contribution is 2.19. The van der Waals surface area contributed by atoms with E-state index in [0.717, 1.165) is 45.1 Å². The van der Waals surface area contributed by atoms with Gasteiger partial charge in [-0.1, -0.05) is 19.1 Å². The first-order chi connectivity index (χ1) is 14.0. The number of rotatable bonds is 8. The third-order valence-electron chi connectivity index (χ3n) is 5.20. The van der Waals surface area contributed by atoms with Gasteiger partial charge in [-0.15, -0.1) is 0 Å². The lowest BCUT2D eigenvalue weighted by atomic mass is 10.2. The molecule has 2 aromatic carbocycles. The predicted molar refractivity (Wildman–Crippen MR) is 120 cm³/mol. The summed E-state index contributed by atoms with van der Waals surface area (Å²) in [4.78, 5) is 19.0. The number of nitrogens with one attached hydrogen (secondary N) is 1. The van der Waals surface area contributed by atoms with E-state index in [1.807, 2.05) is 26.2 Å². The number of benzene rings is 2. The third kappa shape index (κ3) is 6.21. The zero-order valence-electron chi connectivity index (χ0n) is 17.7. The van der Waals surface area contributed by atoms with Crippen LogP contribution in [0.3, 0.4) is 0 Å². The number of likely N-dealkylation sites (N-methyl/N-ethyl adjacent to an activating group) is 1. The van der Waals surface area contributed by atoms with Gasteiger partial charge in [0, 0.05) is 50.8 Å². The highest BCUT2D eigenvalue weighted by atomic mass is 16.5. The quantitative estimate of drug-likeness (QED) is 0.743. The number of carbonyl (C=O) groups excluding carboxylic acids is 1. The van der Waals surface area contributed by atoms with Crippen molar-refractivity contribution in [3.05, 3.63) is 54.1 Å². The van der Waals surface area contributed by atoms with E-state index in [-0.39, 0.29) is 5.91 Å². The predicted octanol–water partition coefficient (Wildman–Crippen LogP) is 3.05. The Hall–Kier alpha value is -2.57. The van der Waals surface area contributed by atoms with Crippen LogP contribution < -0.4 is 15.1 Å². The molecule has 1 fully saturated rings. The Morgan fingerprint density at radius 2 is 1.69 bits per heavy atom. The summed E-state index contributed by atoms with van der Waals surface area (Å²) in [6.45, 7) is 7.38. The zero-order chi connectivity index (χ0) is 20.6. The highest BCUT2D eigenvalue weighted by molar-refractivity contribution is 5.92. The fourth-order valence-electron chi connectivity index (χ4n) is 3.42. The topological polar surface area (TPSA) is 48.1 Å². The van der Waals surface area contributed by atoms with Crippen LogP contribution in [0.4, 0.5) is 17.1 Å². The molecule has 3 rings (SSSR count).